The van der Waals surface area contributed by atoms with Crippen LogP contribution in [-0.2, 0) is 6.61 Å². The van der Waals surface area contributed by atoms with E-state index in [-0.39, 0.29) is 12.5 Å². The van der Waals surface area contributed by atoms with E-state index in [2.05, 4.69) is 10.2 Å². The fourth-order valence-electron chi connectivity index (χ4n) is 1.31. The summed E-state index contributed by atoms with van der Waals surface area (Å²) < 4.78 is 10.3. The average molecular weight is 269 g/mol. The molecule has 1 heterocycles. The van der Waals surface area contributed by atoms with Gasteiger partial charge in [-0.25, -0.2) is 4.79 Å². The molecule has 0 spiro atoms. The zero-order chi connectivity index (χ0) is 13.1. The molecule has 0 aliphatic heterocycles. The highest BCUT2D eigenvalue weighted by Crippen LogP contribution is 2.22. The minimum atomic E-state index is -1.27. The molecule has 18 heavy (non-hydrogen) atoms. The number of carboxylic acids is 1. The molecule has 0 unspecified atom stereocenters. The number of nitrogens with zero attached hydrogens (tertiary/aromatic N) is 2. The van der Waals surface area contributed by atoms with Gasteiger partial charge in [0.15, 0.2) is 6.61 Å². The lowest BCUT2D eigenvalue weighted by Gasteiger charge is -2.06. The van der Waals surface area contributed by atoms with Crippen LogP contribution in [0.5, 0.6) is 5.75 Å². The maximum absolute atomic E-state index is 10.5. The minimum Gasteiger partial charge on any atom is -0.484 e. The summed E-state index contributed by atoms with van der Waals surface area (Å²) in [5, 5.41) is 16.1. The van der Waals surface area contributed by atoms with Gasteiger partial charge in [0.1, 0.15) is 5.75 Å². The van der Waals surface area contributed by atoms with E-state index in [4.69, 9.17) is 25.9 Å². The SMILES string of the molecule is Cc1cc(Cl)ccc1OCc1nnc(C(=O)O)o1. The van der Waals surface area contributed by atoms with E-state index in [1.165, 1.54) is 0 Å². The molecular formula is C11H9ClN2O4. The largest absolute Gasteiger partial charge is 0.484 e. The van der Waals surface area contributed by atoms with Gasteiger partial charge in [-0.3, -0.25) is 0 Å². The van der Waals surface area contributed by atoms with E-state index in [0.29, 0.717) is 10.8 Å². The first-order chi connectivity index (χ1) is 8.56. The third kappa shape index (κ3) is 2.78. The van der Waals surface area contributed by atoms with Gasteiger partial charge in [0.2, 0.25) is 0 Å². The van der Waals surface area contributed by atoms with Crippen molar-refractivity contribution in [3.63, 3.8) is 0 Å². The molecule has 0 radical (unpaired) electrons. The zero-order valence-corrected chi connectivity index (χ0v) is 10.1. The quantitative estimate of drug-likeness (QED) is 0.916. The number of rotatable bonds is 4. The number of hydrogen-bond acceptors (Lipinski definition) is 5. The Kier molecular flexibility index (Phi) is 3.47. The molecule has 1 aromatic heterocycles. The van der Waals surface area contributed by atoms with Gasteiger partial charge in [-0.05, 0) is 30.7 Å². The van der Waals surface area contributed by atoms with Crippen molar-refractivity contribution in [2.45, 2.75) is 13.5 Å². The number of benzene rings is 1. The molecule has 0 aliphatic carbocycles. The second-order valence-electron chi connectivity index (χ2n) is 3.50. The maximum atomic E-state index is 10.5. The van der Waals surface area contributed by atoms with Crippen molar-refractivity contribution in [1.29, 1.82) is 0 Å². The van der Waals surface area contributed by atoms with Gasteiger partial charge in [0.25, 0.3) is 5.89 Å². The van der Waals surface area contributed by atoms with E-state index >= 15 is 0 Å². The highest BCUT2D eigenvalue weighted by molar-refractivity contribution is 6.30. The van der Waals surface area contributed by atoms with E-state index in [0.717, 1.165) is 5.56 Å². The van der Waals surface area contributed by atoms with E-state index < -0.39 is 11.9 Å². The Bertz CT molecular complexity index is 582. The number of aryl methyl sites for hydroxylation is 1. The molecule has 7 heteroatoms. The van der Waals surface area contributed by atoms with Crippen molar-refractivity contribution in [3.8, 4) is 5.75 Å². The molecule has 6 nitrogen and oxygen atoms in total. The molecule has 2 rings (SSSR count). The molecule has 0 saturated carbocycles. The number of aromatic carboxylic acids is 1. The molecule has 0 saturated heterocycles. The lowest BCUT2D eigenvalue weighted by Crippen LogP contribution is -1.97. The molecule has 2 aromatic rings. The van der Waals surface area contributed by atoms with Crippen LogP contribution in [0.2, 0.25) is 5.02 Å². The lowest BCUT2D eigenvalue weighted by atomic mass is 10.2. The van der Waals surface area contributed by atoms with Gasteiger partial charge in [-0.2, -0.15) is 0 Å². The van der Waals surface area contributed by atoms with Crippen LogP contribution < -0.4 is 4.74 Å². The summed E-state index contributed by atoms with van der Waals surface area (Å²) in [6.07, 6.45) is 0. The Balaban J connectivity index is 2.04. The first-order valence-corrected chi connectivity index (χ1v) is 5.38. The molecule has 0 fully saturated rings. The number of carboxylic acid groups (broad SMARTS) is 1. The van der Waals surface area contributed by atoms with Crippen molar-refractivity contribution in [1.82, 2.24) is 10.2 Å². The van der Waals surface area contributed by atoms with Crippen LogP contribution in [0.3, 0.4) is 0 Å². The predicted octanol–water partition coefficient (Wildman–Crippen LogP) is 2.31. The monoisotopic (exact) mass is 268 g/mol. The minimum absolute atomic E-state index is 0.00273. The fraction of sp³-hybridized carbons (Fsp3) is 0.182. The standard InChI is InChI=1S/C11H9ClN2O4/c1-6-4-7(12)2-3-8(6)17-5-9-13-14-10(18-9)11(15)16/h2-4H,5H2,1H3,(H,15,16). The van der Waals surface area contributed by atoms with E-state index in [9.17, 15) is 4.79 Å². The number of hydrogen-bond donors (Lipinski definition) is 1. The van der Waals surface area contributed by atoms with Crippen LogP contribution >= 0.6 is 11.6 Å². The summed E-state index contributed by atoms with van der Waals surface area (Å²) in [4.78, 5) is 10.5. The van der Waals surface area contributed by atoms with Crippen molar-refractivity contribution in [2.75, 3.05) is 0 Å². The molecule has 0 atom stereocenters. The maximum Gasteiger partial charge on any atom is 0.393 e. The summed E-state index contributed by atoms with van der Waals surface area (Å²) in [6.45, 7) is 1.85. The van der Waals surface area contributed by atoms with Crippen LogP contribution in [0.1, 0.15) is 22.1 Å². The Morgan fingerprint density at radius 3 is 2.89 bits per heavy atom. The molecule has 1 N–H and O–H groups in total. The summed E-state index contributed by atoms with van der Waals surface area (Å²) in [6, 6.07) is 5.17. The van der Waals surface area contributed by atoms with Gasteiger partial charge in [0.05, 0.1) is 0 Å². The molecule has 0 amide bonds. The van der Waals surface area contributed by atoms with Crippen LogP contribution in [0, 0.1) is 6.92 Å². The normalized spacial score (nSPS) is 10.3. The number of aromatic nitrogens is 2. The van der Waals surface area contributed by atoms with Gasteiger partial charge in [0, 0.05) is 5.02 Å². The smallest absolute Gasteiger partial charge is 0.393 e. The molecule has 1 aromatic carbocycles. The first kappa shape index (κ1) is 12.4. The predicted molar refractivity (Wildman–Crippen MR) is 61.8 cm³/mol. The van der Waals surface area contributed by atoms with E-state index in [1.54, 1.807) is 18.2 Å². The molecule has 0 bridgehead atoms. The number of halogens is 1. The zero-order valence-electron chi connectivity index (χ0n) is 9.38. The topological polar surface area (TPSA) is 85.5 Å². The lowest BCUT2D eigenvalue weighted by molar-refractivity contribution is 0.0649. The highest BCUT2D eigenvalue weighted by Gasteiger charge is 2.13. The summed E-state index contributed by atoms with van der Waals surface area (Å²) >= 11 is 5.81. The van der Waals surface area contributed by atoms with Gasteiger partial charge >= 0.3 is 11.9 Å². The van der Waals surface area contributed by atoms with Crippen molar-refractivity contribution in [2.24, 2.45) is 0 Å². The third-order valence-corrected chi connectivity index (χ3v) is 2.37. The summed E-state index contributed by atoms with van der Waals surface area (Å²) in [5.41, 5.74) is 0.862. The summed E-state index contributed by atoms with van der Waals surface area (Å²) in [7, 11) is 0. The fourth-order valence-corrected chi connectivity index (χ4v) is 1.54. The Morgan fingerprint density at radius 1 is 1.50 bits per heavy atom. The van der Waals surface area contributed by atoms with Gasteiger partial charge < -0.3 is 14.3 Å². The molecular weight excluding hydrogens is 260 g/mol. The third-order valence-electron chi connectivity index (χ3n) is 2.14. The van der Waals surface area contributed by atoms with Crippen molar-refractivity contribution < 1.29 is 19.1 Å². The number of carbonyl (C=O) groups is 1. The summed E-state index contributed by atoms with van der Waals surface area (Å²) in [5.74, 6) is -1.01. The highest BCUT2D eigenvalue weighted by atomic mass is 35.5. The second-order valence-corrected chi connectivity index (χ2v) is 3.94. The van der Waals surface area contributed by atoms with Crippen LogP contribution in [0.4, 0.5) is 0 Å². The second kappa shape index (κ2) is 5.05. The van der Waals surface area contributed by atoms with Crippen LogP contribution in [0.25, 0.3) is 0 Å². The molecule has 94 valence electrons. The Hall–Kier alpha value is -2.08. The Labute approximate surface area is 107 Å². The van der Waals surface area contributed by atoms with Crippen LogP contribution in [-0.4, -0.2) is 21.3 Å². The first-order valence-electron chi connectivity index (χ1n) is 5.01. The molecule has 0 aliphatic rings. The Morgan fingerprint density at radius 2 is 2.28 bits per heavy atom. The van der Waals surface area contributed by atoms with Gasteiger partial charge in [-0.1, -0.05) is 11.6 Å². The van der Waals surface area contributed by atoms with Crippen LogP contribution in [0.15, 0.2) is 22.6 Å². The van der Waals surface area contributed by atoms with E-state index in [1.807, 2.05) is 6.92 Å². The average Bonchev–Trinajstić information content (AvgIpc) is 2.76. The van der Waals surface area contributed by atoms with Crippen molar-refractivity contribution >= 4 is 17.6 Å². The van der Waals surface area contributed by atoms with Crippen molar-refractivity contribution in [3.05, 3.63) is 40.6 Å². The van der Waals surface area contributed by atoms with Gasteiger partial charge in [-0.15, -0.1) is 10.2 Å². The number of ether oxygens (including phenoxy) is 1.